The summed E-state index contributed by atoms with van der Waals surface area (Å²) in [5, 5.41) is 17.5. The van der Waals surface area contributed by atoms with E-state index in [4.69, 9.17) is 5.26 Å². The molecule has 1 heterocycles. The van der Waals surface area contributed by atoms with Crippen LogP contribution < -0.4 is 4.57 Å². The van der Waals surface area contributed by atoms with Crippen LogP contribution in [0.25, 0.3) is 0 Å². The van der Waals surface area contributed by atoms with Gasteiger partial charge >= 0.3 is 0 Å². The number of nitriles is 1. The van der Waals surface area contributed by atoms with Crippen molar-refractivity contribution in [1.82, 2.24) is 0 Å². The molecule has 1 aromatic rings. The van der Waals surface area contributed by atoms with Crippen LogP contribution in [-0.4, -0.2) is 5.11 Å². The van der Waals surface area contributed by atoms with Crippen LogP contribution in [0.1, 0.15) is 25.7 Å². The number of hydrogen-bond donors (Lipinski definition) is 1. The highest BCUT2D eigenvalue weighted by Gasteiger charge is 2.00. The minimum absolute atomic E-state index is 0.296. The first-order valence-electron chi connectivity index (χ1n) is 4.88. The van der Waals surface area contributed by atoms with E-state index in [1.807, 2.05) is 16.8 Å². The van der Waals surface area contributed by atoms with Crippen molar-refractivity contribution in [1.29, 1.82) is 5.26 Å². The highest BCUT2D eigenvalue weighted by atomic mass is 16.3. The molecule has 0 saturated carbocycles. The van der Waals surface area contributed by atoms with E-state index in [-0.39, 0.29) is 0 Å². The SMILES string of the molecule is N#CCCCCC[n+]1cccc(O)c1. The summed E-state index contributed by atoms with van der Waals surface area (Å²) in [6.45, 7) is 0.903. The molecule has 0 bridgehead atoms. The molecule has 0 saturated heterocycles. The summed E-state index contributed by atoms with van der Waals surface area (Å²) in [6, 6.07) is 5.61. The first-order chi connectivity index (χ1) is 6.83. The Morgan fingerprint density at radius 1 is 1.36 bits per heavy atom. The summed E-state index contributed by atoms with van der Waals surface area (Å²) in [7, 11) is 0. The van der Waals surface area contributed by atoms with Gasteiger partial charge in [0.25, 0.3) is 0 Å². The minimum atomic E-state index is 0.296. The highest BCUT2D eigenvalue weighted by Crippen LogP contribution is 2.02. The van der Waals surface area contributed by atoms with Crippen LogP contribution >= 0.6 is 0 Å². The lowest BCUT2D eigenvalue weighted by atomic mass is 10.2. The van der Waals surface area contributed by atoms with Gasteiger partial charge in [0.2, 0.25) is 6.20 Å². The molecule has 1 N–H and O–H groups in total. The second kappa shape index (κ2) is 5.98. The molecule has 74 valence electrons. The molecule has 0 aliphatic carbocycles. The van der Waals surface area contributed by atoms with E-state index in [1.165, 1.54) is 0 Å². The maximum absolute atomic E-state index is 9.19. The van der Waals surface area contributed by atoms with Gasteiger partial charge in [-0.1, -0.05) is 0 Å². The van der Waals surface area contributed by atoms with Gasteiger partial charge in [-0.15, -0.1) is 0 Å². The number of hydrogen-bond acceptors (Lipinski definition) is 2. The van der Waals surface area contributed by atoms with Crippen molar-refractivity contribution >= 4 is 0 Å². The van der Waals surface area contributed by atoms with E-state index >= 15 is 0 Å². The van der Waals surface area contributed by atoms with Gasteiger partial charge in [-0.05, 0) is 18.9 Å². The zero-order chi connectivity index (χ0) is 10.2. The number of rotatable bonds is 5. The average Bonchev–Trinajstić information content (AvgIpc) is 2.18. The van der Waals surface area contributed by atoms with Crippen molar-refractivity contribution in [3.63, 3.8) is 0 Å². The molecule has 0 amide bonds. The molecule has 0 aromatic carbocycles. The van der Waals surface area contributed by atoms with Crippen LogP contribution in [0, 0.1) is 11.3 Å². The number of aromatic hydroxyl groups is 1. The molecule has 0 fully saturated rings. The first kappa shape index (κ1) is 10.5. The molecule has 3 nitrogen and oxygen atoms in total. The van der Waals surface area contributed by atoms with Crippen LogP contribution in [0.3, 0.4) is 0 Å². The number of aromatic nitrogens is 1. The third-order valence-electron chi connectivity index (χ3n) is 2.05. The van der Waals surface area contributed by atoms with Gasteiger partial charge in [0, 0.05) is 18.9 Å². The Bertz CT molecular complexity index is 317. The van der Waals surface area contributed by atoms with Gasteiger partial charge in [0.15, 0.2) is 11.9 Å². The normalized spacial score (nSPS) is 9.64. The average molecular weight is 191 g/mol. The lowest BCUT2D eigenvalue weighted by molar-refractivity contribution is -0.697. The van der Waals surface area contributed by atoms with Gasteiger partial charge in [0.1, 0.15) is 6.54 Å². The molecule has 0 radical (unpaired) electrons. The smallest absolute Gasteiger partial charge is 0.210 e. The minimum Gasteiger partial charge on any atom is -0.503 e. The number of pyridine rings is 1. The Hall–Kier alpha value is -1.56. The molecule has 0 unspecified atom stereocenters. The van der Waals surface area contributed by atoms with Gasteiger partial charge in [0.05, 0.1) is 6.07 Å². The zero-order valence-electron chi connectivity index (χ0n) is 8.19. The Balaban J connectivity index is 2.22. The van der Waals surface area contributed by atoms with E-state index in [0.717, 1.165) is 25.8 Å². The van der Waals surface area contributed by atoms with E-state index in [0.29, 0.717) is 12.2 Å². The quantitative estimate of drug-likeness (QED) is 0.569. The maximum Gasteiger partial charge on any atom is 0.210 e. The van der Waals surface area contributed by atoms with Crippen LogP contribution in [0.4, 0.5) is 0 Å². The molecule has 1 rings (SSSR count). The van der Waals surface area contributed by atoms with E-state index in [2.05, 4.69) is 6.07 Å². The molecule has 0 aliphatic rings. The van der Waals surface area contributed by atoms with Crippen LogP contribution in [-0.2, 0) is 6.54 Å². The third kappa shape index (κ3) is 3.90. The van der Waals surface area contributed by atoms with Crippen molar-refractivity contribution in [2.75, 3.05) is 0 Å². The molecule has 0 atom stereocenters. The molecule has 1 aromatic heterocycles. The fourth-order valence-corrected chi connectivity index (χ4v) is 1.32. The van der Waals surface area contributed by atoms with Gasteiger partial charge in [-0.25, -0.2) is 4.57 Å². The molecule has 14 heavy (non-hydrogen) atoms. The Kier molecular flexibility index (Phi) is 4.49. The number of aryl methyl sites for hydroxylation is 1. The fourth-order valence-electron chi connectivity index (χ4n) is 1.32. The summed E-state index contributed by atoms with van der Waals surface area (Å²) < 4.78 is 1.96. The van der Waals surface area contributed by atoms with E-state index in [1.54, 1.807) is 12.3 Å². The van der Waals surface area contributed by atoms with Crippen molar-refractivity contribution < 1.29 is 9.67 Å². The largest absolute Gasteiger partial charge is 0.503 e. The Morgan fingerprint density at radius 2 is 2.21 bits per heavy atom. The number of nitrogens with zero attached hydrogens (tertiary/aromatic N) is 2. The molecular formula is C11H15N2O+. The topological polar surface area (TPSA) is 47.9 Å². The second-order valence-corrected chi connectivity index (χ2v) is 3.27. The molecular weight excluding hydrogens is 176 g/mol. The van der Waals surface area contributed by atoms with Crippen LogP contribution in [0.15, 0.2) is 24.5 Å². The van der Waals surface area contributed by atoms with Crippen LogP contribution in [0.5, 0.6) is 5.75 Å². The predicted molar refractivity (Wildman–Crippen MR) is 52.4 cm³/mol. The highest BCUT2D eigenvalue weighted by molar-refractivity contribution is 5.09. The van der Waals surface area contributed by atoms with Crippen molar-refractivity contribution in [3.05, 3.63) is 24.5 Å². The maximum atomic E-state index is 9.19. The number of unbranched alkanes of at least 4 members (excludes halogenated alkanes) is 3. The second-order valence-electron chi connectivity index (χ2n) is 3.27. The van der Waals surface area contributed by atoms with E-state index in [9.17, 15) is 5.11 Å². The van der Waals surface area contributed by atoms with Crippen LogP contribution in [0.2, 0.25) is 0 Å². The van der Waals surface area contributed by atoms with Crippen molar-refractivity contribution in [2.45, 2.75) is 32.2 Å². The summed E-state index contributed by atoms with van der Waals surface area (Å²) >= 11 is 0. The summed E-state index contributed by atoms with van der Waals surface area (Å²) in [5.74, 6) is 0.296. The Labute approximate surface area is 84.2 Å². The van der Waals surface area contributed by atoms with Crippen molar-refractivity contribution in [2.24, 2.45) is 0 Å². The van der Waals surface area contributed by atoms with Gasteiger partial charge in [-0.2, -0.15) is 5.26 Å². The molecule has 0 spiro atoms. The summed E-state index contributed by atoms with van der Waals surface area (Å²) in [4.78, 5) is 0. The summed E-state index contributed by atoms with van der Waals surface area (Å²) in [6.07, 6.45) is 7.38. The first-order valence-corrected chi connectivity index (χ1v) is 4.88. The van der Waals surface area contributed by atoms with Crippen molar-refractivity contribution in [3.8, 4) is 11.8 Å². The van der Waals surface area contributed by atoms with Gasteiger partial charge < -0.3 is 5.11 Å². The van der Waals surface area contributed by atoms with E-state index < -0.39 is 0 Å². The predicted octanol–water partition coefficient (Wildman–Crippen LogP) is 1.76. The lowest BCUT2D eigenvalue weighted by Crippen LogP contribution is -2.32. The molecule has 0 aliphatic heterocycles. The Morgan fingerprint density at radius 3 is 2.93 bits per heavy atom. The zero-order valence-corrected chi connectivity index (χ0v) is 8.19. The standard InChI is InChI=1S/C11H14N2O/c12-7-3-1-2-4-8-13-9-5-6-11(14)10-13/h5-6,9-10H,1-4,8H2/p+1. The van der Waals surface area contributed by atoms with Gasteiger partial charge in [-0.3, -0.25) is 0 Å². The monoisotopic (exact) mass is 191 g/mol. The third-order valence-corrected chi connectivity index (χ3v) is 2.05. The fraction of sp³-hybridized carbons (Fsp3) is 0.455. The lowest BCUT2D eigenvalue weighted by Gasteiger charge is -1.96. The summed E-state index contributed by atoms with van der Waals surface area (Å²) in [5.41, 5.74) is 0. The molecule has 3 heteroatoms.